The first kappa shape index (κ1) is 13.3. The molecule has 0 atom stereocenters. The molecule has 1 nitrogen and oxygen atoms in total. The van der Waals surface area contributed by atoms with Crippen LogP contribution in [0.5, 0.6) is 5.75 Å². The molecule has 3 heteroatoms. The summed E-state index contributed by atoms with van der Waals surface area (Å²) in [6, 6.07) is 17.0. The summed E-state index contributed by atoms with van der Waals surface area (Å²) in [6.07, 6.45) is 0. The Morgan fingerprint density at radius 1 is 1.05 bits per heavy atom. The van der Waals surface area contributed by atoms with Gasteiger partial charge in [-0.15, -0.1) is 11.3 Å². The van der Waals surface area contributed by atoms with Gasteiger partial charge in [-0.05, 0) is 47.2 Å². The van der Waals surface area contributed by atoms with Gasteiger partial charge in [0.15, 0.2) is 0 Å². The first-order chi connectivity index (χ1) is 10.2. The van der Waals surface area contributed by atoms with E-state index in [0.29, 0.717) is 6.61 Å². The molecule has 104 valence electrons. The van der Waals surface area contributed by atoms with E-state index >= 15 is 0 Å². The van der Waals surface area contributed by atoms with Gasteiger partial charge in [-0.2, -0.15) is 0 Å². The Morgan fingerprint density at radius 3 is 2.67 bits per heavy atom. The van der Waals surface area contributed by atoms with Crippen molar-refractivity contribution in [1.82, 2.24) is 0 Å². The lowest BCUT2D eigenvalue weighted by atomic mass is 10.0. The molecule has 0 fully saturated rings. The lowest BCUT2D eigenvalue weighted by molar-refractivity contribution is 0.302. The maximum atomic E-state index is 5.94. The third-order valence-corrected chi connectivity index (χ3v) is 6.60. The van der Waals surface area contributed by atoms with Gasteiger partial charge in [0.1, 0.15) is 12.4 Å². The van der Waals surface area contributed by atoms with Crippen LogP contribution in [0.1, 0.15) is 11.1 Å². The first-order valence-electron chi connectivity index (χ1n) is 6.84. The fourth-order valence-corrected chi connectivity index (χ4v) is 5.14. The molecule has 0 unspecified atom stereocenters. The number of rotatable bonds is 1. The fourth-order valence-electron chi connectivity index (χ4n) is 2.66. The third-order valence-electron chi connectivity index (χ3n) is 3.73. The molecule has 1 aliphatic rings. The van der Waals surface area contributed by atoms with Crippen LogP contribution >= 0.6 is 33.9 Å². The molecular weight excluding hydrogens is 391 g/mol. The average molecular weight is 404 g/mol. The van der Waals surface area contributed by atoms with E-state index < -0.39 is 0 Å². The number of aryl methyl sites for hydroxylation is 1. The number of hydrogen-bond acceptors (Lipinski definition) is 2. The van der Waals surface area contributed by atoms with Crippen molar-refractivity contribution in [2.24, 2.45) is 0 Å². The largest absolute Gasteiger partial charge is 0.488 e. The van der Waals surface area contributed by atoms with Gasteiger partial charge >= 0.3 is 0 Å². The number of ether oxygens (including phenoxy) is 1. The van der Waals surface area contributed by atoms with Crippen molar-refractivity contribution in [3.8, 4) is 26.6 Å². The molecule has 0 N–H and O–H groups in total. The molecule has 1 aliphatic heterocycles. The molecule has 0 aliphatic carbocycles. The Labute approximate surface area is 141 Å². The standard InChI is InChI=1S/C18H13IOS/c1-11-7-8-15-13(9-11)18-14(10-20-15)16(19)17(21-18)12-5-3-2-4-6-12/h2-9H,10H2,1H3. The van der Waals surface area contributed by atoms with Gasteiger partial charge in [-0.25, -0.2) is 0 Å². The van der Waals surface area contributed by atoms with Gasteiger partial charge in [0.2, 0.25) is 0 Å². The van der Waals surface area contributed by atoms with E-state index in [0.717, 1.165) is 5.75 Å². The smallest absolute Gasteiger partial charge is 0.128 e. The third kappa shape index (κ3) is 2.19. The van der Waals surface area contributed by atoms with E-state index in [1.165, 1.54) is 35.6 Å². The minimum absolute atomic E-state index is 0.674. The predicted octanol–water partition coefficient (Wildman–Crippen LogP) is 5.89. The lowest BCUT2D eigenvalue weighted by Crippen LogP contribution is -2.04. The Hall–Kier alpha value is -1.33. The summed E-state index contributed by atoms with van der Waals surface area (Å²) in [5.41, 5.74) is 5.13. The second-order valence-corrected chi connectivity index (χ2v) is 7.31. The summed E-state index contributed by atoms with van der Waals surface area (Å²) in [7, 11) is 0. The molecule has 21 heavy (non-hydrogen) atoms. The Bertz CT molecular complexity index is 821. The molecule has 2 heterocycles. The highest BCUT2D eigenvalue weighted by Gasteiger charge is 2.25. The van der Waals surface area contributed by atoms with Gasteiger partial charge in [0.05, 0.1) is 0 Å². The maximum Gasteiger partial charge on any atom is 0.128 e. The summed E-state index contributed by atoms with van der Waals surface area (Å²) < 4.78 is 7.26. The molecule has 0 radical (unpaired) electrons. The Morgan fingerprint density at radius 2 is 1.86 bits per heavy atom. The van der Waals surface area contributed by atoms with Gasteiger partial charge in [0.25, 0.3) is 0 Å². The average Bonchev–Trinajstić information content (AvgIpc) is 2.86. The normalized spacial score (nSPS) is 12.5. The lowest BCUT2D eigenvalue weighted by Gasteiger charge is -2.18. The zero-order valence-electron chi connectivity index (χ0n) is 11.5. The molecule has 0 amide bonds. The summed E-state index contributed by atoms with van der Waals surface area (Å²) >= 11 is 4.34. The number of fused-ring (bicyclic) bond motifs is 3. The highest BCUT2D eigenvalue weighted by molar-refractivity contribution is 14.1. The van der Waals surface area contributed by atoms with Gasteiger partial charge in [0, 0.05) is 24.5 Å². The molecule has 0 spiro atoms. The second-order valence-electron chi connectivity index (χ2n) is 5.21. The van der Waals surface area contributed by atoms with Crippen LogP contribution in [0, 0.1) is 10.5 Å². The summed E-state index contributed by atoms with van der Waals surface area (Å²) in [5, 5.41) is 0. The van der Waals surface area contributed by atoms with Crippen LogP contribution in [0.15, 0.2) is 48.5 Å². The van der Waals surface area contributed by atoms with Crippen molar-refractivity contribution in [1.29, 1.82) is 0 Å². The zero-order valence-corrected chi connectivity index (χ0v) is 14.5. The van der Waals surface area contributed by atoms with Crippen LogP contribution in [0.2, 0.25) is 0 Å². The highest BCUT2D eigenvalue weighted by atomic mass is 127. The van der Waals surface area contributed by atoms with Gasteiger partial charge in [-0.1, -0.05) is 42.0 Å². The van der Waals surface area contributed by atoms with Crippen molar-refractivity contribution in [2.45, 2.75) is 13.5 Å². The molecule has 3 aromatic rings. The molecular formula is C18H13IOS. The maximum absolute atomic E-state index is 5.94. The van der Waals surface area contributed by atoms with E-state index in [1.807, 2.05) is 11.3 Å². The van der Waals surface area contributed by atoms with Crippen LogP contribution in [-0.2, 0) is 6.61 Å². The Balaban J connectivity index is 1.94. The summed E-state index contributed by atoms with van der Waals surface area (Å²) in [4.78, 5) is 2.71. The van der Waals surface area contributed by atoms with E-state index in [-0.39, 0.29) is 0 Å². The molecule has 4 rings (SSSR count). The fraction of sp³-hybridized carbons (Fsp3) is 0.111. The van der Waals surface area contributed by atoms with E-state index in [9.17, 15) is 0 Å². The van der Waals surface area contributed by atoms with E-state index in [4.69, 9.17) is 4.74 Å². The number of hydrogen-bond donors (Lipinski definition) is 0. The van der Waals surface area contributed by atoms with Crippen molar-refractivity contribution in [3.05, 3.63) is 63.2 Å². The van der Waals surface area contributed by atoms with Crippen LogP contribution in [0.25, 0.3) is 20.9 Å². The van der Waals surface area contributed by atoms with E-state index in [1.54, 1.807) is 0 Å². The van der Waals surface area contributed by atoms with Crippen LogP contribution < -0.4 is 4.74 Å². The van der Waals surface area contributed by atoms with E-state index in [2.05, 4.69) is 78.0 Å². The zero-order chi connectivity index (χ0) is 14.4. The monoisotopic (exact) mass is 404 g/mol. The number of halogens is 1. The molecule has 2 aromatic carbocycles. The SMILES string of the molecule is Cc1ccc2c(c1)-c1sc(-c3ccccc3)c(I)c1CO2. The number of benzene rings is 2. The molecule has 0 saturated carbocycles. The Kier molecular flexibility index (Phi) is 3.27. The van der Waals surface area contributed by atoms with Crippen LogP contribution in [-0.4, -0.2) is 0 Å². The van der Waals surface area contributed by atoms with Gasteiger partial charge in [-0.3, -0.25) is 0 Å². The van der Waals surface area contributed by atoms with Crippen LogP contribution in [0.4, 0.5) is 0 Å². The minimum atomic E-state index is 0.674. The quantitative estimate of drug-likeness (QED) is 0.460. The topological polar surface area (TPSA) is 9.23 Å². The molecule has 0 bridgehead atoms. The number of thiophene rings is 1. The van der Waals surface area contributed by atoms with Crippen molar-refractivity contribution < 1.29 is 4.74 Å². The van der Waals surface area contributed by atoms with Gasteiger partial charge < -0.3 is 4.74 Å². The molecule has 0 saturated heterocycles. The van der Waals surface area contributed by atoms with Crippen LogP contribution in [0.3, 0.4) is 0 Å². The summed E-state index contributed by atoms with van der Waals surface area (Å²) in [6.45, 7) is 2.80. The summed E-state index contributed by atoms with van der Waals surface area (Å²) in [5.74, 6) is 1.00. The van der Waals surface area contributed by atoms with Crippen molar-refractivity contribution >= 4 is 33.9 Å². The second kappa shape index (κ2) is 5.14. The predicted molar refractivity (Wildman–Crippen MR) is 97.0 cm³/mol. The minimum Gasteiger partial charge on any atom is -0.488 e. The van der Waals surface area contributed by atoms with Crippen molar-refractivity contribution in [2.75, 3.05) is 0 Å². The highest BCUT2D eigenvalue weighted by Crippen LogP contribution is 2.48. The van der Waals surface area contributed by atoms with Crippen molar-refractivity contribution in [3.63, 3.8) is 0 Å². The molecule has 1 aromatic heterocycles. The first-order valence-corrected chi connectivity index (χ1v) is 8.74.